The van der Waals surface area contributed by atoms with E-state index in [9.17, 15) is 14.0 Å². The van der Waals surface area contributed by atoms with Crippen molar-refractivity contribution in [2.24, 2.45) is 0 Å². The molecule has 4 nitrogen and oxygen atoms in total. The van der Waals surface area contributed by atoms with Crippen LogP contribution < -0.4 is 5.32 Å². The minimum Gasteiger partial charge on any atom is -0.355 e. The molecule has 2 amide bonds. The fourth-order valence-electron chi connectivity index (χ4n) is 2.62. The molecule has 0 aliphatic heterocycles. The van der Waals surface area contributed by atoms with Crippen LogP contribution in [0.3, 0.4) is 0 Å². The highest BCUT2D eigenvalue weighted by Gasteiger charge is 2.26. The average Bonchev–Trinajstić information content (AvgIpc) is 2.64. The minimum atomic E-state index is -0.676. The summed E-state index contributed by atoms with van der Waals surface area (Å²) in [4.78, 5) is 26.7. The monoisotopic (exact) mass is 410 g/mol. The molecule has 0 aliphatic carbocycles. The van der Waals surface area contributed by atoms with Crippen molar-refractivity contribution in [2.75, 3.05) is 6.54 Å². The predicted molar refractivity (Wildman–Crippen MR) is 105 cm³/mol. The lowest BCUT2D eigenvalue weighted by atomic mass is 10.1. The van der Waals surface area contributed by atoms with Crippen molar-refractivity contribution in [1.29, 1.82) is 0 Å². The highest BCUT2D eigenvalue weighted by atomic mass is 35.5. The van der Waals surface area contributed by atoms with E-state index >= 15 is 0 Å². The Morgan fingerprint density at radius 1 is 1.07 bits per heavy atom. The third-order valence-electron chi connectivity index (χ3n) is 4.12. The van der Waals surface area contributed by atoms with Crippen molar-refractivity contribution in [2.45, 2.75) is 32.9 Å². The molecule has 0 aliphatic rings. The van der Waals surface area contributed by atoms with Gasteiger partial charge < -0.3 is 10.2 Å². The van der Waals surface area contributed by atoms with Crippen LogP contribution in [0.2, 0.25) is 10.0 Å². The molecule has 0 radical (unpaired) electrons. The first-order valence-electron chi connectivity index (χ1n) is 8.57. The number of carbonyl (C=O) groups is 2. The SMILES string of the molecule is CCNC(=O)C(C)N(Cc1ccc(F)cc1)C(=O)Cc1ccc(Cl)c(Cl)c1. The van der Waals surface area contributed by atoms with Gasteiger partial charge in [-0.15, -0.1) is 0 Å². The molecule has 144 valence electrons. The van der Waals surface area contributed by atoms with E-state index in [1.54, 1.807) is 37.3 Å². The van der Waals surface area contributed by atoms with E-state index in [4.69, 9.17) is 23.2 Å². The molecule has 0 saturated heterocycles. The molecule has 2 aromatic rings. The van der Waals surface area contributed by atoms with Gasteiger partial charge in [0.15, 0.2) is 0 Å². The maximum absolute atomic E-state index is 13.2. The number of hydrogen-bond donors (Lipinski definition) is 1. The van der Waals surface area contributed by atoms with Crippen molar-refractivity contribution >= 4 is 35.0 Å². The quantitative estimate of drug-likeness (QED) is 0.742. The number of nitrogens with one attached hydrogen (secondary N) is 1. The van der Waals surface area contributed by atoms with Gasteiger partial charge in [-0.05, 0) is 49.2 Å². The minimum absolute atomic E-state index is 0.0713. The molecule has 1 atom stereocenters. The largest absolute Gasteiger partial charge is 0.355 e. The number of carbonyl (C=O) groups excluding carboxylic acids is 2. The van der Waals surface area contributed by atoms with E-state index < -0.39 is 6.04 Å². The second-order valence-corrected chi connectivity index (χ2v) is 6.96. The maximum atomic E-state index is 13.2. The van der Waals surface area contributed by atoms with Crippen LogP contribution in [0.5, 0.6) is 0 Å². The van der Waals surface area contributed by atoms with Crippen LogP contribution in [0.4, 0.5) is 4.39 Å². The highest BCUT2D eigenvalue weighted by molar-refractivity contribution is 6.42. The lowest BCUT2D eigenvalue weighted by Crippen LogP contribution is -2.48. The van der Waals surface area contributed by atoms with Gasteiger partial charge in [-0.3, -0.25) is 9.59 Å². The predicted octanol–water partition coefficient (Wildman–Crippen LogP) is 4.23. The summed E-state index contributed by atoms with van der Waals surface area (Å²) in [7, 11) is 0. The molecule has 0 fully saturated rings. The summed E-state index contributed by atoms with van der Waals surface area (Å²) in [5, 5.41) is 3.50. The zero-order valence-electron chi connectivity index (χ0n) is 15.1. The standard InChI is InChI=1S/C20H21Cl2FN2O2/c1-3-24-20(27)13(2)25(12-14-4-7-16(23)8-5-14)19(26)11-15-6-9-17(21)18(22)10-15/h4-10,13H,3,11-12H2,1-2H3,(H,24,27). The molecule has 0 spiro atoms. The van der Waals surface area contributed by atoms with Gasteiger partial charge in [-0.25, -0.2) is 4.39 Å². The number of hydrogen-bond acceptors (Lipinski definition) is 2. The van der Waals surface area contributed by atoms with Crippen LogP contribution in [-0.2, 0) is 22.6 Å². The van der Waals surface area contributed by atoms with Crippen molar-refractivity contribution < 1.29 is 14.0 Å². The summed E-state index contributed by atoms with van der Waals surface area (Å²) in [6, 6.07) is 10.2. The molecular formula is C20H21Cl2FN2O2. The molecule has 2 rings (SSSR count). The number of rotatable bonds is 7. The van der Waals surface area contributed by atoms with Crippen molar-refractivity contribution in [1.82, 2.24) is 10.2 Å². The van der Waals surface area contributed by atoms with Crippen LogP contribution in [-0.4, -0.2) is 29.3 Å². The normalized spacial score (nSPS) is 11.7. The summed E-state index contributed by atoms with van der Waals surface area (Å²) in [5.41, 5.74) is 1.43. The van der Waals surface area contributed by atoms with E-state index in [1.165, 1.54) is 17.0 Å². The molecule has 0 heterocycles. The first-order valence-corrected chi connectivity index (χ1v) is 9.33. The Bertz CT molecular complexity index is 812. The smallest absolute Gasteiger partial charge is 0.242 e. The van der Waals surface area contributed by atoms with Crippen LogP contribution >= 0.6 is 23.2 Å². The molecule has 27 heavy (non-hydrogen) atoms. The van der Waals surface area contributed by atoms with Gasteiger partial charge in [0.05, 0.1) is 16.5 Å². The maximum Gasteiger partial charge on any atom is 0.242 e. The molecule has 2 aromatic carbocycles. The third-order valence-corrected chi connectivity index (χ3v) is 4.86. The second kappa shape index (κ2) is 9.72. The lowest BCUT2D eigenvalue weighted by Gasteiger charge is -2.29. The Morgan fingerprint density at radius 2 is 1.70 bits per heavy atom. The second-order valence-electron chi connectivity index (χ2n) is 6.14. The van der Waals surface area contributed by atoms with Crippen LogP contribution in [0.1, 0.15) is 25.0 Å². The number of likely N-dealkylation sites (N-methyl/N-ethyl adjacent to an activating group) is 1. The summed E-state index contributed by atoms with van der Waals surface area (Å²) in [5.74, 6) is -0.845. The molecule has 1 unspecified atom stereocenters. The van der Waals surface area contributed by atoms with Gasteiger partial charge in [0.1, 0.15) is 11.9 Å². The first kappa shape index (κ1) is 21.2. The highest BCUT2D eigenvalue weighted by Crippen LogP contribution is 2.23. The average molecular weight is 411 g/mol. The van der Waals surface area contributed by atoms with E-state index in [0.717, 1.165) is 5.56 Å². The number of amides is 2. The van der Waals surface area contributed by atoms with Gasteiger partial charge >= 0.3 is 0 Å². The Labute approximate surface area is 168 Å². The summed E-state index contributed by atoms with van der Waals surface area (Å²) < 4.78 is 13.2. The molecular weight excluding hydrogens is 390 g/mol. The summed E-state index contributed by atoms with van der Waals surface area (Å²) in [6.07, 6.45) is 0.0713. The zero-order chi connectivity index (χ0) is 20.0. The van der Waals surface area contributed by atoms with E-state index in [-0.39, 0.29) is 30.6 Å². The van der Waals surface area contributed by atoms with Gasteiger partial charge in [-0.2, -0.15) is 0 Å². The zero-order valence-corrected chi connectivity index (χ0v) is 16.6. The van der Waals surface area contributed by atoms with Gasteiger partial charge in [0.25, 0.3) is 0 Å². The van der Waals surface area contributed by atoms with Crippen molar-refractivity contribution in [3.63, 3.8) is 0 Å². The fourth-order valence-corrected chi connectivity index (χ4v) is 2.94. The van der Waals surface area contributed by atoms with Crippen molar-refractivity contribution in [3.05, 3.63) is 69.5 Å². The van der Waals surface area contributed by atoms with Crippen LogP contribution in [0.25, 0.3) is 0 Å². The molecule has 0 aromatic heterocycles. The lowest BCUT2D eigenvalue weighted by molar-refractivity contribution is -0.140. The fraction of sp³-hybridized carbons (Fsp3) is 0.300. The molecule has 0 bridgehead atoms. The Morgan fingerprint density at radius 3 is 2.30 bits per heavy atom. The van der Waals surface area contributed by atoms with Gasteiger partial charge in [0, 0.05) is 13.1 Å². The van der Waals surface area contributed by atoms with Gasteiger partial charge in [-0.1, -0.05) is 41.4 Å². The Hall–Kier alpha value is -2.11. The molecule has 0 saturated carbocycles. The van der Waals surface area contributed by atoms with Crippen molar-refractivity contribution in [3.8, 4) is 0 Å². The number of benzene rings is 2. The van der Waals surface area contributed by atoms with E-state index in [2.05, 4.69) is 5.32 Å². The first-order chi connectivity index (χ1) is 12.8. The number of nitrogens with zero attached hydrogens (tertiary/aromatic N) is 1. The third kappa shape index (κ3) is 5.94. The molecule has 1 N–H and O–H groups in total. The summed E-state index contributed by atoms with van der Waals surface area (Å²) >= 11 is 11.9. The van der Waals surface area contributed by atoms with Crippen LogP contribution in [0.15, 0.2) is 42.5 Å². The van der Waals surface area contributed by atoms with E-state index in [1.807, 2.05) is 6.92 Å². The summed E-state index contributed by atoms with van der Waals surface area (Å²) in [6.45, 7) is 4.14. The Kier molecular flexibility index (Phi) is 7.63. The van der Waals surface area contributed by atoms with Gasteiger partial charge in [0.2, 0.25) is 11.8 Å². The topological polar surface area (TPSA) is 49.4 Å². The number of halogens is 3. The Balaban J connectivity index is 2.23. The van der Waals surface area contributed by atoms with E-state index in [0.29, 0.717) is 22.2 Å². The molecule has 7 heteroatoms. The van der Waals surface area contributed by atoms with Crippen LogP contribution in [0, 0.1) is 5.82 Å².